The number of fused-ring (bicyclic) bond motifs is 3. The Balaban J connectivity index is 0.000000171. The molecule has 6 aromatic heterocycles. The first-order chi connectivity index (χ1) is 62.0. The molecule has 6 saturated carbocycles. The molecule has 0 spiro atoms. The number of aliphatic hydroxyl groups is 9. The molecule has 3 aromatic carbocycles. The monoisotopic (exact) mass is 1580 g/mol. The number of anilines is 3. The van der Waals surface area contributed by atoms with Crippen LogP contribution in [0.5, 0.6) is 0 Å². The van der Waals surface area contributed by atoms with E-state index in [-0.39, 0.29) is 156 Å². The molecule has 6 aliphatic carbocycles. The minimum Gasteiger partial charge on any atom is -0.394 e. The van der Waals surface area contributed by atoms with E-state index in [1.54, 1.807) is 0 Å². The number of hydrogen-bond donors (Lipinski definition) is 12. The van der Waals surface area contributed by atoms with Crippen LogP contribution in [0.3, 0.4) is 0 Å². The molecule has 9 aromatic rings. The number of aliphatic hydroxyl groups excluding tert-OH is 8. The number of benzene rings is 3. The average molecular weight is 1580 g/mol. The van der Waals surface area contributed by atoms with Gasteiger partial charge in [-0.15, -0.1) is 15.3 Å². The van der Waals surface area contributed by atoms with Gasteiger partial charge in [0.05, 0.1) is 97.9 Å². The van der Waals surface area contributed by atoms with Gasteiger partial charge in [0.1, 0.15) is 54.1 Å². The lowest BCUT2D eigenvalue weighted by molar-refractivity contribution is -0.0629. The number of aromatic nitrogens is 15. The first-order valence-corrected chi connectivity index (χ1v) is 36.6. The Bertz CT molecular complexity index is 5890. The molecule has 12 N–H and O–H groups in total. The Morgan fingerprint density at radius 1 is 0.509 bits per heavy atom. The van der Waals surface area contributed by atoms with Crippen LogP contribution in [0.15, 0.2) is 69.9 Å². The van der Waals surface area contributed by atoms with Gasteiger partial charge in [0, 0.05) is 86.0 Å². The summed E-state index contributed by atoms with van der Waals surface area (Å²) in [6.45, 7) is -2.57. The first-order valence-electron chi connectivity index (χ1n) is 47.0. The van der Waals surface area contributed by atoms with Gasteiger partial charge in [-0.2, -0.15) is 0 Å². The molecule has 30 nitrogen and oxygen atoms in total. The Morgan fingerprint density at radius 2 is 0.898 bits per heavy atom. The van der Waals surface area contributed by atoms with Crippen LogP contribution in [0.1, 0.15) is 183 Å². The fraction of sp³-hybridized carbons (Fsp3) is 0.583. The van der Waals surface area contributed by atoms with Gasteiger partial charge >= 0.3 is 0 Å². The lowest BCUT2D eigenvalue weighted by Gasteiger charge is -2.17. The summed E-state index contributed by atoms with van der Waals surface area (Å²) in [6, 6.07) is -10.3. The van der Waals surface area contributed by atoms with Crippen molar-refractivity contribution in [2.75, 3.05) is 72.6 Å². The molecule has 6 aliphatic rings. The van der Waals surface area contributed by atoms with Crippen molar-refractivity contribution in [2.45, 2.75) is 224 Å². The highest BCUT2D eigenvalue weighted by Crippen LogP contribution is 2.48. The zero-order valence-corrected chi connectivity index (χ0v) is 60.7. The lowest BCUT2D eigenvalue weighted by Crippen LogP contribution is -2.33. The summed E-state index contributed by atoms with van der Waals surface area (Å²) in [5.74, 6) is -4.88. The Kier molecular flexibility index (Phi) is 16.9. The molecule has 6 fully saturated rings. The second kappa shape index (κ2) is 35.1. The zero-order chi connectivity index (χ0) is 99.3. The highest BCUT2D eigenvalue weighted by atomic mass is 32.2. The van der Waals surface area contributed by atoms with Crippen molar-refractivity contribution in [2.24, 2.45) is 0 Å². The lowest BCUT2D eigenvalue weighted by atomic mass is 10.1. The summed E-state index contributed by atoms with van der Waals surface area (Å²) in [7, 11) is 0. The molecule has 0 bridgehead atoms. The van der Waals surface area contributed by atoms with Crippen LogP contribution in [0, 0.1) is 38.2 Å². The standard InChI is InChI=1S/3C24H31FN6O4S/c3*1-3-8-36-24-27-22(26-16-10-14(16)13-5-4-12(2)15(25)9-13)19-23(28-24)31(30-29-19)17-11-18(35-7-6-32)21(34)20(17)33/h3*4-5,9,14,16-18,20-21,32-34H,3,6-8,10-11H2,1-2H3,(H,26,27,28)/t3*14-,16+,17+,18-,20-,21+/m000/s1/i3D2,4D,5D,6D2,7D2,8D2,9D;3D2,4D,5D,7D2,8D2,9D;4D,5D,9D,10D2,16D. The molecule has 6 heterocycles. The largest absolute Gasteiger partial charge is 0.394 e. The second-order valence-corrected chi connectivity index (χ2v) is 28.3. The van der Waals surface area contributed by atoms with E-state index in [1.807, 2.05) is 6.92 Å². The molecule has 36 heteroatoms. The maximum Gasteiger partial charge on any atom is 0.191 e. The number of thioether (sulfide) groups is 3. The minimum atomic E-state index is -3.45. The second-order valence-electron chi connectivity index (χ2n) is 25.7. The topological polar surface area (TPSA) is 415 Å². The van der Waals surface area contributed by atoms with Crippen molar-refractivity contribution in [1.29, 1.82) is 0 Å². The number of nitrogens with zero attached hydrogens (tertiary/aromatic N) is 15. The molecular formula is C72H93F3N18O12S3. The third-order valence-corrected chi connectivity index (χ3v) is 20.8. The molecule has 582 valence electrons. The Morgan fingerprint density at radius 3 is 1.29 bits per heavy atom. The van der Waals surface area contributed by atoms with Crippen LogP contribution in [0.2, 0.25) is 0 Å². The van der Waals surface area contributed by atoms with Crippen molar-refractivity contribution in [3.8, 4) is 0 Å². The molecule has 0 aliphatic heterocycles. The molecular weight excluding hydrogens is 1460 g/mol. The zero-order valence-electron chi connectivity index (χ0n) is 84.2. The van der Waals surface area contributed by atoms with Crippen molar-refractivity contribution in [3.05, 3.63) is 105 Å². The van der Waals surface area contributed by atoms with Gasteiger partial charge in [-0.05, 0) is 111 Å². The number of hydrogen-bond acceptors (Lipinski definition) is 30. The average Bonchev–Trinajstić information content (AvgIpc) is 1.50. The highest BCUT2D eigenvalue weighted by Gasteiger charge is 2.49. The Hall–Kier alpha value is -7.14. The summed E-state index contributed by atoms with van der Waals surface area (Å²) in [5, 5.41) is 125. The SMILES string of the molecule is [2H]c1c([2H])c([C@@H]2C([2H])([2H])[C@@]2([2H])Nc2nc(SCCC)nc3c2nnn3[C@@H]2C[C@H](OCCO)[C@@H](O)[C@H]2O)c([2H])c(F)c1C.[2H]c1c([2H])c([C@@H]2C[C@H]2Nc2nc(SC([2H])([2H])C([2H])([2H])C)nc3c2nnn3[C@@H]2C[C@H](OC([2H])([2H])C([2H])([2H])O)[C@@H](O)[C@H]2O)c([2H])c(F)c1C.[2H]c1c([2H])c([C@@H]2C[C@H]2Nc2nc(SC([2H])([2H])C([2H])([2H])C)nc3c2nnn3[C@@H]2C[C@H](OC([2H])([2H])CO)[C@@H](O)[C@H]2O)c([2H])c(F)c1C. The predicted molar refractivity (Wildman–Crippen MR) is 398 cm³/mol. The van der Waals surface area contributed by atoms with Crippen molar-refractivity contribution in [1.82, 2.24) is 74.9 Å². The van der Waals surface area contributed by atoms with Crippen LogP contribution in [-0.2, 0) is 14.2 Å². The van der Waals surface area contributed by atoms with Crippen molar-refractivity contribution >= 4 is 86.2 Å². The van der Waals surface area contributed by atoms with E-state index < -0.39 is 213 Å². The molecule has 0 amide bonds. The van der Waals surface area contributed by atoms with Crippen LogP contribution >= 0.6 is 35.3 Å². The van der Waals surface area contributed by atoms with Gasteiger partial charge < -0.3 is 76.1 Å². The number of rotatable bonds is 30. The number of halogens is 3. The van der Waals surface area contributed by atoms with E-state index in [2.05, 4.69) is 76.8 Å². The normalized spacial score (nSPS) is 33.2. The van der Waals surface area contributed by atoms with E-state index >= 15 is 0 Å². The maximum atomic E-state index is 14.7. The summed E-state index contributed by atoms with van der Waals surface area (Å²) >= 11 is 2.01. The van der Waals surface area contributed by atoms with Crippen LogP contribution in [0.25, 0.3) is 33.5 Å². The van der Waals surface area contributed by atoms with Gasteiger partial charge in [-0.3, -0.25) is 0 Å². The van der Waals surface area contributed by atoms with Crippen molar-refractivity contribution in [3.63, 3.8) is 0 Å². The highest BCUT2D eigenvalue weighted by molar-refractivity contribution is 7.99. The maximum absolute atomic E-state index is 14.7. The molecule has 0 unspecified atom stereocenters. The van der Waals surface area contributed by atoms with Crippen LogP contribution < -0.4 is 16.0 Å². The van der Waals surface area contributed by atoms with Gasteiger partial charge in [0.2, 0.25) is 0 Å². The van der Waals surface area contributed by atoms with Gasteiger partial charge in [-0.25, -0.2) is 57.1 Å². The fourth-order valence-electron chi connectivity index (χ4n) is 12.6. The number of nitrogens with one attached hydrogen (secondary N) is 3. The summed E-state index contributed by atoms with van der Waals surface area (Å²) < 4.78 is 273. The summed E-state index contributed by atoms with van der Waals surface area (Å²) in [6.07, 6.45) is -18.8. The molecule has 15 rings (SSSR count). The smallest absolute Gasteiger partial charge is 0.191 e. The van der Waals surface area contributed by atoms with Gasteiger partial charge in [0.15, 0.2) is 66.4 Å². The van der Waals surface area contributed by atoms with Crippen LogP contribution in [0.4, 0.5) is 30.6 Å². The van der Waals surface area contributed by atoms with Gasteiger partial charge in [-0.1, -0.05) is 108 Å². The fourth-order valence-corrected chi connectivity index (χ4v) is 14.2. The third kappa shape index (κ3) is 17.5. The first kappa shape index (κ1) is 52.2. The van der Waals surface area contributed by atoms with Crippen molar-refractivity contribution < 1.29 is 109 Å². The summed E-state index contributed by atoms with van der Waals surface area (Å²) in [5.41, 5.74) is -5.77. The van der Waals surface area contributed by atoms with E-state index in [0.717, 1.165) is 29.6 Å². The minimum absolute atomic E-state index is 0.0166. The third-order valence-electron chi connectivity index (χ3n) is 18.4. The van der Waals surface area contributed by atoms with Gasteiger partial charge in [0.25, 0.3) is 0 Å². The molecule has 108 heavy (non-hydrogen) atoms. The molecule has 0 radical (unpaired) electrons. The molecule has 0 saturated heterocycles. The molecule has 18 atom stereocenters. The summed E-state index contributed by atoms with van der Waals surface area (Å²) in [4.78, 5) is 26.3. The number of ether oxygens (including phenoxy) is 3. The predicted octanol–water partition coefficient (Wildman–Crippen LogP) is 6.55. The van der Waals surface area contributed by atoms with E-state index in [4.69, 9.17) is 55.0 Å². The Labute approximate surface area is 669 Å². The van der Waals surface area contributed by atoms with Crippen LogP contribution in [-0.4, -0.2) is 251 Å². The van der Waals surface area contributed by atoms with E-state index in [0.29, 0.717) is 42.1 Å². The quantitative estimate of drug-likeness (QED) is 0.0168. The van der Waals surface area contributed by atoms with E-state index in [9.17, 15) is 54.0 Å². The van der Waals surface area contributed by atoms with E-state index in [1.165, 1.54) is 37.2 Å².